The lowest BCUT2D eigenvalue weighted by molar-refractivity contribution is 0.0954. The highest BCUT2D eigenvalue weighted by Crippen LogP contribution is 2.19. The zero-order valence-corrected chi connectivity index (χ0v) is 14.0. The Bertz CT molecular complexity index is 852. The molecular weight excluding hydrogens is 310 g/mol. The highest BCUT2D eigenvalue weighted by atomic mass is 32.1. The predicted octanol–water partition coefficient (Wildman–Crippen LogP) is 2.49. The number of nitrogens with zero attached hydrogens (tertiary/aromatic N) is 4. The molecule has 0 aliphatic rings. The lowest BCUT2D eigenvalue weighted by atomic mass is 10.1. The van der Waals surface area contributed by atoms with Gasteiger partial charge in [0.2, 0.25) is 0 Å². The van der Waals surface area contributed by atoms with E-state index in [2.05, 4.69) is 20.4 Å². The second-order valence-electron chi connectivity index (χ2n) is 5.25. The van der Waals surface area contributed by atoms with Crippen LogP contribution in [-0.2, 0) is 13.6 Å². The zero-order chi connectivity index (χ0) is 16.4. The number of rotatable bonds is 4. The van der Waals surface area contributed by atoms with E-state index < -0.39 is 0 Å². The maximum atomic E-state index is 12.2. The van der Waals surface area contributed by atoms with Crippen molar-refractivity contribution in [3.8, 4) is 11.3 Å². The first-order valence-electron chi connectivity index (χ1n) is 7.19. The van der Waals surface area contributed by atoms with Crippen LogP contribution in [0.3, 0.4) is 0 Å². The molecule has 3 aromatic heterocycles. The molecule has 0 unspecified atom stereocenters. The molecule has 23 heavy (non-hydrogen) atoms. The average Bonchev–Trinajstić information content (AvgIpc) is 3.10. The van der Waals surface area contributed by atoms with Crippen LogP contribution in [0.5, 0.6) is 0 Å². The third-order valence-electron chi connectivity index (χ3n) is 3.47. The summed E-state index contributed by atoms with van der Waals surface area (Å²) in [5.74, 6) is -0.0981. The normalized spacial score (nSPS) is 10.7. The minimum absolute atomic E-state index is 0.0981. The Kier molecular flexibility index (Phi) is 4.20. The van der Waals surface area contributed by atoms with Crippen LogP contribution in [0.2, 0.25) is 0 Å². The third kappa shape index (κ3) is 3.29. The Morgan fingerprint density at radius 2 is 2.17 bits per heavy atom. The summed E-state index contributed by atoms with van der Waals surface area (Å²) in [6.45, 7) is 4.17. The van der Waals surface area contributed by atoms with Gasteiger partial charge in [-0.2, -0.15) is 5.10 Å². The number of amides is 1. The number of nitrogens with one attached hydrogen (secondary N) is 1. The van der Waals surface area contributed by atoms with Crippen LogP contribution >= 0.6 is 11.3 Å². The van der Waals surface area contributed by atoms with E-state index in [1.165, 1.54) is 11.3 Å². The number of carbonyl (C=O) groups excluding carboxylic acids is 1. The molecule has 0 atom stereocenters. The highest BCUT2D eigenvalue weighted by Gasteiger charge is 2.13. The molecule has 1 N–H and O–H groups in total. The lowest BCUT2D eigenvalue weighted by Crippen LogP contribution is -2.22. The Labute approximate surface area is 138 Å². The summed E-state index contributed by atoms with van der Waals surface area (Å²) in [4.78, 5) is 21.4. The van der Waals surface area contributed by atoms with E-state index in [-0.39, 0.29) is 5.91 Å². The minimum Gasteiger partial charge on any atom is -0.347 e. The minimum atomic E-state index is -0.0981. The van der Waals surface area contributed by atoms with Gasteiger partial charge in [-0.05, 0) is 31.5 Å². The van der Waals surface area contributed by atoms with Gasteiger partial charge >= 0.3 is 0 Å². The van der Waals surface area contributed by atoms with Gasteiger partial charge in [-0.15, -0.1) is 11.3 Å². The van der Waals surface area contributed by atoms with Gasteiger partial charge in [0.25, 0.3) is 5.91 Å². The fraction of sp³-hybridized carbons (Fsp3) is 0.250. The smallest absolute Gasteiger partial charge is 0.263 e. The van der Waals surface area contributed by atoms with E-state index in [1.54, 1.807) is 23.3 Å². The van der Waals surface area contributed by atoms with Crippen molar-refractivity contribution in [1.82, 2.24) is 25.1 Å². The monoisotopic (exact) mass is 327 g/mol. The summed E-state index contributed by atoms with van der Waals surface area (Å²) in [6.07, 6.45) is 5.29. The van der Waals surface area contributed by atoms with E-state index in [4.69, 9.17) is 0 Å². The summed E-state index contributed by atoms with van der Waals surface area (Å²) in [5.41, 5.74) is 3.67. The van der Waals surface area contributed by atoms with Crippen LogP contribution < -0.4 is 5.32 Å². The van der Waals surface area contributed by atoms with Crippen molar-refractivity contribution >= 4 is 17.2 Å². The van der Waals surface area contributed by atoms with E-state index in [1.807, 2.05) is 33.0 Å². The summed E-state index contributed by atoms with van der Waals surface area (Å²) < 4.78 is 1.79. The maximum absolute atomic E-state index is 12.2. The van der Waals surface area contributed by atoms with Crippen molar-refractivity contribution in [3.63, 3.8) is 0 Å². The van der Waals surface area contributed by atoms with Crippen LogP contribution in [0.4, 0.5) is 0 Å². The van der Waals surface area contributed by atoms with Crippen molar-refractivity contribution in [2.45, 2.75) is 20.4 Å². The van der Waals surface area contributed by atoms with E-state index in [0.29, 0.717) is 11.4 Å². The number of thiazole rings is 1. The first-order valence-corrected chi connectivity index (χ1v) is 8.01. The Morgan fingerprint density at radius 1 is 1.35 bits per heavy atom. The first-order chi connectivity index (χ1) is 11.0. The zero-order valence-electron chi connectivity index (χ0n) is 13.2. The summed E-state index contributed by atoms with van der Waals surface area (Å²) in [5, 5.41) is 7.98. The van der Waals surface area contributed by atoms with Crippen molar-refractivity contribution < 1.29 is 4.79 Å². The molecule has 0 fully saturated rings. The first kappa shape index (κ1) is 15.4. The largest absolute Gasteiger partial charge is 0.347 e. The van der Waals surface area contributed by atoms with Crippen LogP contribution in [0.1, 0.15) is 25.9 Å². The molecule has 3 rings (SSSR count). The van der Waals surface area contributed by atoms with Crippen molar-refractivity contribution in [3.05, 3.63) is 51.9 Å². The number of aromatic nitrogens is 4. The van der Waals surface area contributed by atoms with Gasteiger partial charge in [-0.3, -0.25) is 14.5 Å². The Hall–Kier alpha value is -2.54. The third-order valence-corrected chi connectivity index (χ3v) is 4.55. The average molecular weight is 327 g/mol. The van der Waals surface area contributed by atoms with E-state index >= 15 is 0 Å². The van der Waals surface area contributed by atoms with Gasteiger partial charge in [0.05, 0.1) is 16.4 Å². The molecule has 0 saturated heterocycles. The topological polar surface area (TPSA) is 72.7 Å². The SMILES string of the molecule is Cc1nc(C)c(C(=O)NCc2cncc(-c3ccnn3C)c2)s1. The number of pyridine rings is 1. The van der Waals surface area contributed by atoms with Gasteiger partial charge in [-0.1, -0.05) is 0 Å². The Morgan fingerprint density at radius 3 is 2.83 bits per heavy atom. The molecule has 0 bridgehead atoms. The molecule has 0 radical (unpaired) electrons. The van der Waals surface area contributed by atoms with Crippen molar-refractivity contribution in [1.29, 1.82) is 0 Å². The van der Waals surface area contributed by atoms with Gasteiger partial charge < -0.3 is 5.32 Å². The number of carbonyl (C=O) groups is 1. The molecule has 3 heterocycles. The molecule has 7 heteroatoms. The van der Waals surface area contributed by atoms with Gasteiger partial charge in [0.1, 0.15) is 4.88 Å². The Balaban J connectivity index is 1.73. The number of hydrogen-bond donors (Lipinski definition) is 1. The van der Waals surface area contributed by atoms with Crippen LogP contribution in [0.25, 0.3) is 11.3 Å². The molecule has 1 amide bonds. The lowest BCUT2D eigenvalue weighted by Gasteiger charge is -2.07. The quantitative estimate of drug-likeness (QED) is 0.799. The molecule has 0 saturated carbocycles. The maximum Gasteiger partial charge on any atom is 0.263 e. The van der Waals surface area contributed by atoms with Crippen molar-refractivity contribution in [2.75, 3.05) is 0 Å². The van der Waals surface area contributed by atoms with Crippen LogP contribution in [0, 0.1) is 13.8 Å². The molecule has 118 valence electrons. The van der Waals surface area contributed by atoms with Crippen LogP contribution in [0.15, 0.2) is 30.7 Å². The summed E-state index contributed by atoms with van der Waals surface area (Å²) in [7, 11) is 1.89. The molecule has 0 spiro atoms. The molecule has 0 aromatic carbocycles. The van der Waals surface area contributed by atoms with Crippen LogP contribution in [-0.4, -0.2) is 25.7 Å². The summed E-state index contributed by atoms with van der Waals surface area (Å²) in [6, 6.07) is 3.94. The fourth-order valence-electron chi connectivity index (χ4n) is 2.39. The number of aryl methyl sites for hydroxylation is 3. The van der Waals surface area contributed by atoms with Gasteiger partial charge in [0.15, 0.2) is 0 Å². The van der Waals surface area contributed by atoms with Gasteiger partial charge in [-0.25, -0.2) is 4.98 Å². The molecule has 0 aliphatic carbocycles. The second-order valence-corrected chi connectivity index (χ2v) is 6.46. The fourth-order valence-corrected chi connectivity index (χ4v) is 3.22. The van der Waals surface area contributed by atoms with Gasteiger partial charge in [0, 0.05) is 37.7 Å². The van der Waals surface area contributed by atoms with E-state index in [9.17, 15) is 4.79 Å². The summed E-state index contributed by atoms with van der Waals surface area (Å²) >= 11 is 1.41. The standard InChI is InChI=1S/C16H17N5OS/c1-10-15(23-11(2)20-10)16(22)18-8-12-6-13(9-17-7-12)14-4-5-19-21(14)3/h4-7,9H,8H2,1-3H3,(H,18,22). The predicted molar refractivity (Wildman–Crippen MR) is 89.2 cm³/mol. The molecule has 3 aromatic rings. The van der Waals surface area contributed by atoms with E-state index in [0.717, 1.165) is 27.5 Å². The highest BCUT2D eigenvalue weighted by molar-refractivity contribution is 7.13. The second kappa shape index (κ2) is 6.29. The van der Waals surface area contributed by atoms with Crippen molar-refractivity contribution in [2.24, 2.45) is 7.05 Å². The number of hydrogen-bond acceptors (Lipinski definition) is 5. The molecule has 6 nitrogen and oxygen atoms in total. The molecule has 0 aliphatic heterocycles. The molecular formula is C16H17N5OS.